The summed E-state index contributed by atoms with van der Waals surface area (Å²) in [6.45, 7) is 5.12. The molecule has 0 radical (unpaired) electrons. The Morgan fingerprint density at radius 3 is 2.76 bits per heavy atom. The van der Waals surface area contributed by atoms with Gasteiger partial charge in [-0.15, -0.1) is 11.3 Å². The molecule has 96 valence electrons. The van der Waals surface area contributed by atoms with Gasteiger partial charge in [0.05, 0.1) is 17.2 Å². The van der Waals surface area contributed by atoms with Crippen molar-refractivity contribution in [2.75, 3.05) is 20.6 Å². The van der Waals surface area contributed by atoms with Crippen molar-refractivity contribution in [3.63, 3.8) is 0 Å². The average molecular weight is 256 g/mol. The fraction of sp³-hybridized carbons (Fsp3) is 0.636. The van der Waals surface area contributed by atoms with Crippen molar-refractivity contribution >= 4 is 17.4 Å². The first-order valence-electron chi connectivity index (χ1n) is 5.58. The fourth-order valence-electron chi connectivity index (χ4n) is 1.15. The number of hydrogen-bond acceptors (Lipinski definition) is 4. The first kappa shape index (κ1) is 13.9. The van der Waals surface area contributed by atoms with E-state index in [2.05, 4.69) is 27.4 Å². The molecule has 17 heavy (non-hydrogen) atoms. The summed E-state index contributed by atoms with van der Waals surface area (Å²) in [5, 5.41) is 8.58. The third kappa shape index (κ3) is 5.14. The topological polar surface area (TPSA) is 57.3 Å². The molecule has 1 rings (SSSR count). The maximum Gasteiger partial charge on any atom is 0.315 e. The number of nitrogens with zero attached hydrogens (tertiary/aromatic N) is 2. The predicted octanol–water partition coefficient (Wildman–Crippen LogP) is 1.20. The molecule has 0 saturated carbocycles. The van der Waals surface area contributed by atoms with E-state index in [4.69, 9.17) is 0 Å². The number of amides is 2. The SMILES string of the molecule is Cc1nc(CNC(=O)NC[C@@H](C)N(C)C)cs1. The smallest absolute Gasteiger partial charge is 0.315 e. The van der Waals surface area contributed by atoms with Crippen LogP contribution in [0.25, 0.3) is 0 Å². The number of rotatable bonds is 5. The van der Waals surface area contributed by atoms with E-state index in [0.717, 1.165) is 10.7 Å². The Morgan fingerprint density at radius 1 is 1.53 bits per heavy atom. The summed E-state index contributed by atoms with van der Waals surface area (Å²) in [6.07, 6.45) is 0. The third-order valence-electron chi connectivity index (χ3n) is 2.54. The maximum absolute atomic E-state index is 11.5. The Labute approximate surface area is 106 Å². The number of aryl methyl sites for hydroxylation is 1. The predicted molar refractivity (Wildman–Crippen MR) is 70.2 cm³/mol. The molecule has 0 aliphatic heterocycles. The van der Waals surface area contributed by atoms with Crippen molar-refractivity contribution < 1.29 is 4.79 Å². The molecule has 1 heterocycles. The zero-order valence-electron chi connectivity index (χ0n) is 10.8. The minimum Gasteiger partial charge on any atom is -0.337 e. The number of thiazole rings is 1. The Hall–Kier alpha value is -1.14. The van der Waals surface area contributed by atoms with Crippen molar-refractivity contribution in [1.82, 2.24) is 20.5 Å². The van der Waals surface area contributed by atoms with Gasteiger partial charge in [0.15, 0.2) is 0 Å². The van der Waals surface area contributed by atoms with E-state index in [1.165, 1.54) is 0 Å². The first-order valence-corrected chi connectivity index (χ1v) is 6.46. The lowest BCUT2D eigenvalue weighted by atomic mass is 10.3. The number of carbonyl (C=O) groups excluding carboxylic acids is 1. The monoisotopic (exact) mass is 256 g/mol. The number of urea groups is 1. The molecular formula is C11H20N4OS. The highest BCUT2D eigenvalue weighted by Crippen LogP contribution is 2.06. The van der Waals surface area contributed by atoms with Gasteiger partial charge in [0.2, 0.25) is 0 Å². The van der Waals surface area contributed by atoms with Crippen LogP contribution in [0.3, 0.4) is 0 Å². The van der Waals surface area contributed by atoms with E-state index in [0.29, 0.717) is 19.1 Å². The molecule has 1 atom stereocenters. The Bertz CT molecular complexity index is 364. The molecule has 2 N–H and O–H groups in total. The molecule has 6 heteroatoms. The molecule has 1 aromatic rings. The largest absolute Gasteiger partial charge is 0.337 e. The zero-order valence-corrected chi connectivity index (χ0v) is 11.6. The normalized spacial score (nSPS) is 12.5. The molecule has 0 spiro atoms. The van der Waals surface area contributed by atoms with Crippen molar-refractivity contribution in [3.05, 3.63) is 16.1 Å². The molecule has 0 saturated heterocycles. The van der Waals surface area contributed by atoms with Crippen LogP contribution in [0.5, 0.6) is 0 Å². The second-order valence-electron chi connectivity index (χ2n) is 4.23. The quantitative estimate of drug-likeness (QED) is 0.832. The van der Waals surface area contributed by atoms with Crippen LogP contribution in [0.4, 0.5) is 4.79 Å². The van der Waals surface area contributed by atoms with Crippen LogP contribution >= 0.6 is 11.3 Å². The first-order chi connectivity index (χ1) is 7.99. The van der Waals surface area contributed by atoms with Gasteiger partial charge in [-0.2, -0.15) is 0 Å². The summed E-state index contributed by atoms with van der Waals surface area (Å²) >= 11 is 1.59. The molecule has 0 aliphatic rings. The third-order valence-corrected chi connectivity index (χ3v) is 3.36. The standard InChI is InChI=1S/C11H20N4OS/c1-8(15(3)4)5-12-11(16)13-6-10-7-17-9(2)14-10/h7-8H,5-6H2,1-4H3,(H2,12,13,16)/t8-/m1/s1. The lowest BCUT2D eigenvalue weighted by Gasteiger charge is -2.19. The van der Waals surface area contributed by atoms with Crippen LogP contribution in [0, 0.1) is 6.92 Å². The summed E-state index contributed by atoms with van der Waals surface area (Å²) in [4.78, 5) is 17.8. The van der Waals surface area contributed by atoms with Gasteiger partial charge >= 0.3 is 6.03 Å². The zero-order chi connectivity index (χ0) is 12.8. The van der Waals surface area contributed by atoms with Crippen LogP contribution in [-0.2, 0) is 6.54 Å². The second-order valence-corrected chi connectivity index (χ2v) is 5.30. The maximum atomic E-state index is 11.5. The lowest BCUT2D eigenvalue weighted by Crippen LogP contribution is -2.42. The van der Waals surface area contributed by atoms with E-state index < -0.39 is 0 Å². The highest BCUT2D eigenvalue weighted by atomic mass is 32.1. The van der Waals surface area contributed by atoms with Gasteiger partial charge in [-0.1, -0.05) is 0 Å². The molecule has 0 aliphatic carbocycles. The number of aromatic nitrogens is 1. The highest BCUT2D eigenvalue weighted by molar-refractivity contribution is 7.09. The number of carbonyl (C=O) groups is 1. The number of hydrogen-bond donors (Lipinski definition) is 2. The fourth-order valence-corrected chi connectivity index (χ4v) is 1.76. The van der Waals surface area contributed by atoms with Crippen LogP contribution < -0.4 is 10.6 Å². The molecule has 0 aromatic carbocycles. The van der Waals surface area contributed by atoms with E-state index in [9.17, 15) is 4.79 Å². The van der Waals surface area contributed by atoms with Crippen LogP contribution in [0.2, 0.25) is 0 Å². The minimum absolute atomic E-state index is 0.149. The summed E-state index contributed by atoms with van der Waals surface area (Å²) in [6, 6.07) is 0.173. The van der Waals surface area contributed by atoms with Gasteiger partial charge in [-0.3, -0.25) is 0 Å². The Kier molecular flexibility index (Phi) is 5.37. The average Bonchev–Trinajstić information content (AvgIpc) is 2.69. The molecule has 2 amide bonds. The summed E-state index contributed by atoms with van der Waals surface area (Å²) in [7, 11) is 3.98. The number of likely N-dealkylation sites (N-methyl/N-ethyl adjacent to an activating group) is 1. The molecule has 0 unspecified atom stereocenters. The molecule has 0 bridgehead atoms. The van der Waals surface area contributed by atoms with E-state index in [1.54, 1.807) is 11.3 Å². The van der Waals surface area contributed by atoms with E-state index in [-0.39, 0.29) is 6.03 Å². The van der Waals surface area contributed by atoms with Crippen LogP contribution in [0.15, 0.2) is 5.38 Å². The molecule has 0 fully saturated rings. The summed E-state index contributed by atoms with van der Waals surface area (Å²) in [5.41, 5.74) is 0.906. The lowest BCUT2D eigenvalue weighted by molar-refractivity contribution is 0.234. The van der Waals surface area contributed by atoms with E-state index >= 15 is 0 Å². The van der Waals surface area contributed by atoms with E-state index in [1.807, 2.05) is 26.4 Å². The number of nitrogens with one attached hydrogen (secondary N) is 2. The van der Waals surface area contributed by atoms with Crippen LogP contribution in [0.1, 0.15) is 17.6 Å². The van der Waals surface area contributed by atoms with Gasteiger partial charge in [0.1, 0.15) is 0 Å². The van der Waals surface area contributed by atoms with Gasteiger partial charge in [-0.25, -0.2) is 9.78 Å². The minimum atomic E-state index is -0.149. The Morgan fingerprint density at radius 2 is 2.24 bits per heavy atom. The van der Waals surface area contributed by atoms with Crippen molar-refractivity contribution in [2.45, 2.75) is 26.4 Å². The molecule has 1 aromatic heterocycles. The highest BCUT2D eigenvalue weighted by Gasteiger charge is 2.07. The second kappa shape index (κ2) is 6.56. The van der Waals surface area contributed by atoms with Crippen molar-refractivity contribution in [3.8, 4) is 0 Å². The Balaban J connectivity index is 2.22. The van der Waals surface area contributed by atoms with Crippen LogP contribution in [-0.4, -0.2) is 42.6 Å². The van der Waals surface area contributed by atoms with Gasteiger partial charge in [0.25, 0.3) is 0 Å². The molecular weight excluding hydrogens is 236 g/mol. The summed E-state index contributed by atoms with van der Waals surface area (Å²) in [5.74, 6) is 0. The summed E-state index contributed by atoms with van der Waals surface area (Å²) < 4.78 is 0. The van der Waals surface area contributed by atoms with Crippen molar-refractivity contribution in [2.24, 2.45) is 0 Å². The van der Waals surface area contributed by atoms with Crippen molar-refractivity contribution in [1.29, 1.82) is 0 Å². The van der Waals surface area contributed by atoms with Gasteiger partial charge in [0, 0.05) is 18.0 Å². The van der Waals surface area contributed by atoms with Gasteiger partial charge in [-0.05, 0) is 27.9 Å². The van der Waals surface area contributed by atoms with Gasteiger partial charge < -0.3 is 15.5 Å². The molecule has 5 nitrogen and oxygen atoms in total.